The van der Waals surface area contributed by atoms with Crippen LogP contribution < -0.4 is 0 Å². The smallest absolute Gasteiger partial charge is 0.263 e. The van der Waals surface area contributed by atoms with Crippen molar-refractivity contribution in [2.24, 2.45) is 0 Å². The maximum Gasteiger partial charge on any atom is 0.263 e. The molecule has 1 aromatic carbocycles. The summed E-state index contributed by atoms with van der Waals surface area (Å²) in [6, 6.07) is 12.5. The first-order valence-corrected chi connectivity index (χ1v) is 9.56. The molecule has 4 rings (SSSR count). The maximum absolute atomic E-state index is 12.2. The molecule has 0 unspecified atom stereocenters. The summed E-state index contributed by atoms with van der Waals surface area (Å²) in [5.41, 5.74) is 3.66. The van der Waals surface area contributed by atoms with Crippen molar-refractivity contribution in [2.45, 2.75) is 19.5 Å². The van der Waals surface area contributed by atoms with E-state index >= 15 is 0 Å². The molecule has 0 radical (unpaired) electrons. The fourth-order valence-corrected chi connectivity index (χ4v) is 4.51. The van der Waals surface area contributed by atoms with E-state index in [2.05, 4.69) is 40.3 Å². The summed E-state index contributed by atoms with van der Waals surface area (Å²) in [7, 11) is 3.61. The molecule has 2 aromatic heterocycles. The third kappa shape index (κ3) is 3.43. The molecule has 5 nitrogen and oxygen atoms in total. The number of hydrogen-bond donors (Lipinski definition) is 0. The summed E-state index contributed by atoms with van der Waals surface area (Å²) in [5, 5.41) is 4.31. The lowest BCUT2D eigenvalue weighted by atomic mass is 10.1. The molecule has 0 fully saturated rings. The number of carbonyl (C=O) groups is 1. The molecule has 3 aromatic rings. The van der Waals surface area contributed by atoms with Crippen LogP contribution in [0.1, 0.15) is 25.7 Å². The van der Waals surface area contributed by atoms with Crippen molar-refractivity contribution >= 4 is 17.2 Å². The highest BCUT2D eigenvalue weighted by Gasteiger charge is 2.22. The van der Waals surface area contributed by atoms with E-state index in [1.54, 1.807) is 36.5 Å². The van der Waals surface area contributed by atoms with Gasteiger partial charge in [-0.15, -0.1) is 11.3 Å². The molecule has 0 bridgehead atoms. The summed E-state index contributed by atoms with van der Waals surface area (Å²) in [6.07, 6.45) is 4.77. The van der Waals surface area contributed by atoms with Crippen LogP contribution in [0.3, 0.4) is 0 Å². The van der Waals surface area contributed by atoms with Crippen LogP contribution in [-0.4, -0.2) is 46.1 Å². The number of hydrogen-bond acceptors (Lipinski definition) is 4. The first kappa shape index (κ1) is 17.0. The SMILES string of the molecule is CN(C)C(=O)c1cc2c(s1)CCN(Cc1cccc(-n3cccn3)c1)C2. The number of nitrogens with zero attached hydrogens (tertiary/aromatic N) is 4. The van der Waals surface area contributed by atoms with Crippen LogP contribution in [0.5, 0.6) is 0 Å². The van der Waals surface area contributed by atoms with Crippen molar-refractivity contribution in [1.29, 1.82) is 0 Å². The van der Waals surface area contributed by atoms with Crippen molar-refractivity contribution in [2.75, 3.05) is 20.6 Å². The van der Waals surface area contributed by atoms with E-state index in [0.717, 1.165) is 36.6 Å². The quantitative estimate of drug-likeness (QED) is 0.712. The first-order chi connectivity index (χ1) is 12.6. The van der Waals surface area contributed by atoms with Gasteiger partial charge in [-0.2, -0.15) is 5.10 Å². The Bertz CT molecular complexity index is 914. The Kier molecular flexibility index (Phi) is 4.61. The minimum atomic E-state index is 0.0999. The highest BCUT2D eigenvalue weighted by atomic mass is 32.1. The molecular weight excluding hydrogens is 344 g/mol. The standard InChI is InChI=1S/C20H22N4OS/c1-22(2)20(25)19-12-16-14-23(10-7-18(16)26-19)13-15-5-3-6-17(11-15)24-9-4-8-21-24/h3-6,8-9,11-12H,7,10,13-14H2,1-2H3. The number of carbonyl (C=O) groups excluding carboxylic acids is 1. The number of fused-ring (bicyclic) bond motifs is 1. The van der Waals surface area contributed by atoms with E-state index in [4.69, 9.17) is 0 Å². The molecule has 26 heavy (non-hydrogen) atoms. The van der Waals surface area contributed by atoms with Crippen LogP contribution >= 0.6 is 11.3 Å². The second-order valence-electron chi connectivity index (χ2n) is 6.84. The number of amides is 1. The Morgan fingerprint density at radius 1 is 1.27 bits per heavy atom. The highest BCUT2D eigenvalue weighted by Crippen LogP contribution is 2.29. The van der Waals surface area contributed by atoms with Gasteiger partial charge in [0, 0.05) is 51.0 Å². The minimum Gasteiger partial charge on any atom is -0.344 e. The zero-order chi connectivity index (χ0) is 18.1. The normalized spacial score (nSPS) is 14.2. The number of aromatic nitrogens is 2. The van der Waals surface area contributed by atoms with Crippen LogP contribution in [0.2, 0.25) is 0 Å². The van der Waals surface area contributed by atoms with Gasteiger partial charge < -0.3 is 4.90 Å². The molecule has 1 amide bonds. The average molecular weight is 366 g/mol. The van der Waals surface area contributed by atoms with Crippen molar-refractivity contribution in [3.05, 3.63) is 69.7 Å². The monoisotopic (exact) mass is 366 g/mol. The Balaban J connectivity index is 1.48. The Labute approximate surface area is 157 Å². The van der Waals surface area contributed by atoms with Gasteiger partial charge in [0.05, 0.1) is 10.6 Å². The van der Waals surface area contributed by atoms with Crippen LogP contribution in [0.15, 0.2) is 48.8 Å². The lowest BCUT2D eigenvalue weighted by Gasteiger charge is -2.26. The zero-order valence-electron chi connectivity index (χ0n) is 15.1. The van der Waals surface area contributed by atoms with E-state index in [0.29, 0.717) is 0 Å². The Morgan fingerprint density at radius 2 is 2.15 bits per heavy atom. The third-order valence-electron chi connectivity index (χ3n) is 4.65. The van der Waals surface area contributed by atoms with Gasteiger partial charge in [0.2, 0.25) is 0 Å². The summed E-state index contributed by atoms with van der Waals surface area (Å²) < 4.78 is 1.88. The molecule has 6 heteroatoms. The molecule has 0 spiro atoms. The van der Waals surface area contributed by atoms with E-state index in [9.17, 15) is 4.79 Å². The van der Waals surface area contributed by atoms with Gasteiger partial charge >= 0.3 is 0 Å². The molecule has 0 aliphatic carbocycles. The molecule has 1 aliphatic rings. The summed E-state index contributed by atoms with van der Waals surface area (Å²) in [5.74, 6) is 0.0999. The molecule has 0 saturated heterocycles. The predicted octanol–water partition coefficient (Wildman–Crippen LogP) is 3.19. The predicted molar refractivity (Wildman–Crippen MR) is 104 cm³/mol. The third-order valence-corrected chi connectivity index (χ3v) is 5.87. The first-order valence-electron chi connectivity index (χ1n) is 8.75. The fourth-order valence-electron chi connectivity index (χ4n) is 3.33. The van der Waals surface area contributed by atoms with Crippen LogP contribution in [-0.2, 0) is 19.5 Å². The average Bonchev–Trinajstić information content (AvgIpc) is 3.30. The largest absolute Gasteiger partial charge is 0.344 e. The molecular formula is C20H22N4OS. The highest BCUT2D eigenvalue weighted by molar-refractivity contribution is 7.14. The van der Waals surface area contributed by atoms with E-state index in [-0.39, 0.29) is 5.91 Å². The van der Waals surface area contributed by atoms with Gasteiger partial charge in [0.25, 0.3) is 5.91 Å². The summed E-state index contributed by atoms with van der Waals surface area (Å²) in [4.78, 5) is 18.5. The second-order valence-corrected chi connectivity index (χ2v) is 7.98. The van der Waals surface area contributed by atoms with Crippen molar-refractivity contribution in [1.82, 2.24) is 19.6 Å². The number of thiophene rings is 1. The molecule has 0 atom stereocenters. The van der Waals surface area contributed by atoms with Crippen molar-refractivity contribution in [3.63, 3.8) is 0 Å². The molecule has 0 saturated carbocycles. The van der Waals surface area contributed by atoms with Crippen molar-refractivity contribution in [3.8, 4) is 5.69 Å². The zero-order valence-corrected chi connectivity index (χ0v) is 15.9. The maximum atomic E-state index is 12.2. The molecule has 1 aliphatic heterocycles. The van der Waals surface area contributed by atoms with E-state index < -0.39 is 0 Å². The van der Waals surface area contributed by atoms with E-state index in [1.165, 1.54) is 16.0 Å². The summed E-state index contributed by atoms with van der Waals surface area (Å²) in [6.45, 7) is 2.83. The summed E-state index contributed by atoms with van der Waals surface area (Å²) >= 11 is 1.65. The van der Waals surface area contributed by atoms with Crippen LogP contribution in [0.4, 0.5) is 0 Å². The second kappa shape index (κ2) is 7.05. The van der Waals surface area contributed by atoms with Gasteiger partial charge in [-0.1, -0.05) is 12.1 Å². The number of rotatable bonds is 4. The van der Waals surface area contributed by atoms with E-state index in [1.807, 2.05) is 16.9 Å². The lowest BCUT2D eigenvalue weighted by Crippen LogP contribution is -2.29. The van der Waals surface area contributed by atoms with Gasteiger partial charge in [0.1, 0.15) is 0 Å². The molecule has 134 valence electrons. The molecule has 3 heterocycles. The Morgan fingerprint density at radius 3 is 2.92 bits per heavy atom. The van der Waals surface area contributed by atoms with Gasteiger partial charge in [-0.25, -0.2) is 4.68 Å². The lowest BCUT2D eigenvalue weighted by molar-refractivity contribution is 0.0832. The van der Waals surface area contributed by atoms with Crippen molar-refractivity contribution < 1.29 is 4.79 Å². The van der Waals surface area contributed by atoms with Gasteiger partial charge in [0.15, 0.2) is 0 Å². The Hall–Kier alpha value is -2.44. The van der Waals surface area contributed by atoms with Crippen LogP contribution in [0.25, 0.3) is 5.69 Å². The number of benzene rings is 1. The fraction of sp³-hybridized carbons (Fsp3) is 0.300. The molecule has 0 N–H and O–H groups in total. The van der Waals surface area contributed by atoms with Crippen LogP contribution in [0, 0.1) is 0 Å². The van der Waals surface area contributed by atoms with Gasteiger partial charge in [-0.05, 0) is 41.8 Å². The van der Waals surface area contributed by atoms with Gasteiger partial charge in [-0.3, -0.25) is 9.69 Å². The topological polar surface area (TPSA) is 41.4 Å². The minimum absolute atomic E-state index is 0.0999.